The summed E-state index contributed by atoms with van der Waals surface area (Å²) in [5.41, 5.74) is 1.54. The summed E-state index contributed by atoms with van der Waals surface area (Å²) in [7, 11) is 0. The number of amides is 1. The van der Waals surface area contributed by atoms with Gasteiger partial charge in [0.05, 0.1) is 6.26 Å². The van der Waals surface area contributed by atoms with Gasteiger partial charge in [-0.2, -0.15) is 0 Å². The molecular weight excluding hydrogens is 240 g/mol. The molecule has 2 fully saturated rings. The van der Waals surface area contributed by atoms with Crippen molar-refractivity contribution < 1.29 is 9.21 Å². The predicted molar refractivity (Wildman–Crippen MR) is 72.0 cm³/mol. The first-order chi connectivity index (χ1) is 9.29. The van der Waals surface area contributed by atoms with Gasteiger partial charge in [-0.25, -0.2) is 0 Å². The molecule has 2 saturated heterocycles. The van der Waals surface area contributed by atoms with Crippen molar-refractivity contribution in [3.05, 3.63) is 36.1 Å². The molecule has 4 nitrogen and oxygen atoms in total. The Bertz CT molecular complexity index is 634. The van der Waals surface area contributed by atoms with Crippen molar-refractivity contribution in [3.8, 4) is 0 Å². The molecule has 0 aliphatic carbocycles. The van der Waals surface area contributed by atoms with Crippen LogP contribution < -0.4 is 5.32 Å². The molecule has 2 aliphatic rings. The van der Waals surface area contributed by atoms with Gasteiger partial charge >= 0.3 is 0 Å². The highest BCUT2D eigenvalue weighted by atomic mass is 16.3. The average molecular weight is 256 g/mol. The molecule has 0 radical (unpaired) electrons. The van der Waals surface area contributed by atoms with Crippen LogP contribution in [-0.2, 0) is 0 Å². The Kier molecular flexibility index (Phi) is 2.38. The van der Waals surface area contributed by atoms with Gasteiger partial charge in [0, 0.05) is 30.1 Å². The molecule has 2 aromatic rings. The van der Waals surface area contributed by atoms with Crippen LogP contribution in [0, 0.1) is 5.92 Å². The number of nitrogens with zero attached hydrogens (tertiary/aromatic N) is 1. The third-order valence-electron chi connectivity index (χ3n) is 4.36. The number of hydrogen-bond donors (Lipinski definition) is 1. The van der Waals surface area contributed by atoms with Crippen LogP contribution >= 0.6 is 0 Å². The first kappa shape index (κ1) is 11.1. The van der Waals surface area contributed by atoms with Gasteiger partial charge in [0.2, 0.25) is 0 Å². The lowest BCUT2D eigenvalue weighted by Crippen LogP contribution is -2.43. The summed E-state index contributed by atoms with van der Waals surface area (Å²) in [6.07, 6.45) is 2.86. The predicted octanol–water partition coefficient (Wildman–Crippen LogP) is 1.87. The van der Waals surface area contributed by atoms with Crippen molar-refractivity contribution in [2.45, 2.75) is 12.5 Å². The van der Waals surface area contributed by atoms with Crippen LogP contribution in [0.1, 0.15) is 16.8 Å². The lowest BCUT2D eigenvalue weighted by molar-refractivity contribution is 0.0924. The minimum atomic E-state index is 0.0295. The molecule has 98 valence electrons. The zero-order valence-corrected chi connectivity index (χ0v) is 10.6. The monoisotopic (exact) mass is 256 g/mol. The Labute approximate surface area is 111 Å². The van der Waals surface area contributed by atoms with E-state index >= 15 is 0 Å². The van der Waals surface area contributed by atoms with Crippen LogP contribution in [0.4, 0.5) is 0 Å². The van der Waals surface area contributed by atoms with Gasteiger partial charge in [-0.1, -0.05) is 0 Å². The maximum absolute atomic E-state index is 12.3. The molecule has 1 N–H and O–H groups in total. The number of carbonyl (C=O) groups is 1. The molecule has 19 heavy (non-hydrogen) atoms. The second-order valence-electron chi connectivity index (χ2n) is 5.56. The molecule has 1 amide bonds. The highest BCUT2D eigenvalue weighted by molar-refractivity contribution is 5.97. The number of furan rings is 1. The van der Waals surface area contributed by atoms with Crippen LogP contribution in [0.25, 0.3) is 11.0 Å². The van der Waals surface area contributed by atoms with E-state index in [1.54, 1.807) is 6.26 Å². The number of piperidine rings is 1. The van der Waals surface area contributed by atoms with E-state index in [1.807, 2.05) is 24.3 Å². The highest BCUT2D eigenvalue weighted by Gasteiger charge is 2.38. The Hall–Kier alpha value is -1.81. The molecule has 3 heterocycles. The SMILES string of the molecule is O=C(NC1CN2CC[C@@H]1C2)c1ccc2occc2c1. The van der Waals surface area contributed by atoms with E-state index in [9.17, 15) is 4.79 Å². The minimum absolute atomic E-state index is 0.0295. The molecule has 2 aliphatic heterocycles. The number of carbonyl (C=O) groups excluding carboxylic acids is 1. The van der Waals surface area contributed by atoms with Crippen molar-refractivity contribution in [1.29, 1.82) is 0 Å². The van der Waals surface area contributed by atoms with Gasteiger partial charge in [-0.05, 0) is 43.1 Å². The molecule has 0 saturated carbocycles. The van der Waals surface area contributed by atoms with Crippen molar-refractivity contribution in [2.24, 2.45) is 5.92 Å². The third-order valence-corrected chi connectivity index (χ3v) is 4.36. The summed E-state index contributed by atoms with van der Waals surface area (Å²) >= 11 is 0. The minimum Gasteiger partial charge on any atom is -0.464 e. The van der Waals surface area contributed by atoms with Gasteiger partial charge in [0.25, 0.3) is 5.91 Å². The fraction of sp³-hybridized carbons (Fsp3) is 0.400. The summed E-state index contributed by atoms with van der Waals surface area (Å²) in [6, 6.07) is 7.78. The number of fused-ring (bicyclic) bond motifs is 3. The second kappa shape index (κ2) is 4.10. The maximum Gasteiger partial charge on any atom is 0.251 e. The van der Waals surface area contributed by atoms with Crippen molar-refractivity contribution in [1.82, 2.24) is 10.2 Å². The Balaban J connectivity index is 1.53. The Morgan fingerprint density at radius 1 is 1.32 bits per heavy atom. The van der Waals surface area contributed by atoms with Gasteiger partial charge in [0.15, 0.2) is 0 Å². The number of nitrogens with one attached hydrogen (secondary N) is 1. The maximum atomic E-state index is 12.3. The van der Waals surface area contributed by atoms with Crippen molar-refractivity contribution in [3.63, 3.8) is 0 Å². The Morgan fingerprint density at radius 2 is 2.26 bits per heavy atom. The lowest BCUT2D eigenvalue weighted by Gasteiger charge is -2.23. The molecule has 1 aromatic carbocycles. The molecule has 1 aromatic heterocycles. The zero-order chi connectivity index (χ0) is 12.8. The first-order valence-electron chi connectivity index (χ1n) is 6.80. The van der Waals surface area contributed by atoms with Crippen molar-refractivity contribution >= 4 is 16.9 Å². The van der Waals surface area contributed by atoms with Crippen LogP contribution in [0.2, 0.25) is 0 Å². The topological polar surface area (TPSA) is 45.5 Å². The number of benzene rings is 1. The van der Waals surface area contributed by atoms with E-state index in [4.69, 9.17) is 4.42 Å². The van der Waals surface area contributed by atoms with Crippen LogP contribution in [-0.4, -0.2) is 36.5 Å². The fourth-order valence-electron chi connectivity index (χ4n) is 3.31. The van der Waals surface area contributed by atoms with E-state index in [1.165, 1.54) is 13.0 Å². The molecule has 0 spiro atoms. The Morgan fingerprint density at radius 3 is 3.05 bits per heavy atom. The molecular formula is C15H16N2O2. The van der Waals surface area contributed by atoms with Crippen LogP contribution in [0.5, 0.6) is 0 Å². The number of rotatable bonds is 2. The van der Waals surface area contributed by atoms with E-state index in [2.05, 4.69) is 10.2 Å². The van der Waals surface area contributed by atoms with E-state index in [-0.39, 0.29) is 5.91 Å². The zero-order valence-electron chi connectivity index (χ0n) is 10.6. The molecule has 3 atom stereocenters. The molecule has 2 unspecified atom stereocenters. The second-order valence-corrected chi connectivity index (χ2v) is 5.56. The van der Waals surface area contributed by atoms with E-state index in [0.717, 1.165) is 24.1 Å². The quantitative estimate of drug-likeness (QED) is 0.892. The normalized spacial score (nSPS) is 28.9. The largest absolute Gasteiger partial charge is 0.464 e. The van der Waals surface area contributed by atoms with Crippen LogP contribution in [0.15, 0.2) is 34.9 Å². The van der Waals surface area contributed by atoms with Gasteiger partial charge in [-0.3, -0.25) is 4.79 Å². The summed E-state index contributed by atoms with van der Waals surface area (Å²) in [4.78, 5) is 14.7. The molecule has 4 heteroatoms. The first-order valence-corrected chi connectivity index (χ1v) is 6.80. The lowest BCUT2D eigenvalue weighted by atomic mass is 9.99. The smallest absolute Gasteiger partial charge is 0.251 e. The molecule has 2 bridgehead atoms. The standard InChI is InChI=1S/C15H16N2O2/c18-15(16-13-9-17-5-3-12(13)8-17)11-1-2-14-10(7-11)4-6-19-14/h1-2,4,6-7,12-13H,3,5,8-9H2,(H,16,18)/t12-,13?/m1/s1. The van der Waals surface area contributed by atoms with E-state index < -0.39 is 0 Å². The van der Waals surface area contributed by atoms with Crippen LogP contribution in [0.3, 0.4) is 0 Å². The van der Waals surface area contributed by atoms with Gasteiger partial charge in [-0.15, -0.1) is 0 Å². The average Bonchev–Trinajstić information content (AvgIpc) is 3.13. The summed E-state index contributed by atoms with van der Waals surface area (Å²) in [5, 5.41) is 4.15. The van der Waals surface area contributed by atoms with Crippen molar-refractivity contribution in [2.75, 3.05) is 19.6 Å². The molecule has 4 rings (SSSR count). The fourth-order valence-corrected chi connectivity index (χ4v) is 3.31. The third kappa shape index (κ3) is 1.83. The van der Waals surface area contributed by atoms with Gasteiger partial charge < -0.3 is 14.6 Å². The van der Waals surface area contributed by atoms with Gasteiger partial charge in [0.1, 0.15) is 5.58 Å². The highest BCUT2D eigenvalue weighted by Crippen LogP contribution is 2.28. The number of hydrogen-bond acceptors (Lipinski definition) is 3. The van der Waals surface area contributed by atoms with E-state index in [0.29, 0.717) is 17.5 Å². The summed E-state index contributed by atoms with van der Waals surface area (Å²) in [5.74, 6) is 0.670. The summed E-state index contributed by atoms with van der Waals surface area (Å²) in [6.45, 7) is 3.34. The summed E-state index contributed by atoms with van der Waals surface area (Å²) < 4.78 is 5.29.